The van der Waals surface area contributed by atoms with Gasteiger partial charge in [-0.05, 0) is 13.8 Å². The summed E-state index contributed by atoms with van der Waals surface area (Å²) in [6.07, 6.45) is -0.953. The molecule has 0 aromatic rings. The third kappa shape index (κ3) is 1.72. The highest BCUT2D eigenvalue weighted by atomic mass is 16.6. The molecule has 3 aliphatic heterocycles. The summed E-state index contributed by atoms with van der Waals surface area (Å²) in [7, 11) is 1.52. The standard InChI is InChI=1S/C16H20N4O5/c1-6-9(17)12(22)8-7(4-25-14(18)23)16(24-3)13-15(2,19-13)5-20(16)10(8)11(6)21/h7,13,19H,4-5,17H2,1-3H3,(H2,18,23)/t7-,13+,15+,16-/m1/s1. The SMILES string of the molecule is CO[C@@]12[C@H](COC(N)=O)C3=C(C(=O)C(C)=C(N)C3=O)N1C[C@]1(C)N[C@H]21. The van der Waals surface area contributed by atoms with Gasteiger partial charge in [-0.15, -0.1) is 0 Å². The van der Waals surface area contributed by atoms with E-state index in [0.717, 1.165) is 0 Å². The summed E-state index contributed by atoms with van der Waals surface area (Å²) < 4.78 is 10.9. The van der Waals surface area contributed by atoms with E-state index in [1.807, 2.05) is 11.8 Å². The molecule has 0 unspecified atom stereocenters. The predicted octanol–water partition coefficient (Wildman–Crippen LogP) is -1.26. The zero-order chi connectivity index (χ0) is 18.3. The number of piperazine rings is 1. The molecule has 4 aliphatic rings. The molecular formula is C16H20N4O5. The van der Waals surface area contributed by atoms with Crippen LogP contribution in [0.2, 0.25) is 0 Å². The Balaban J connectivity index is 1.87. The summed E-state index contributed by atoms with van der Waals surface area (Å²) in [6.45, 7) is 3.90. The summed E-state index contributed by atoms with van der Waals surface area (Å²) in [5.41, 5.74) is 10.4. The highest BCUT2D eigenvalue weighted by Crippen LogP contribution is 2.59. The molecule has 0 saturated carbocycles. The van der Waals surface area contributed by atoms with Crippen molar-refractivity contribution in [2.24, 2.45) is 17.4 Å². The first-order valence-electron chi connectivity index (χ1n) is 8.01. The first kappa shape index (κ1) is 16.1. The fourth-order valence-corrected chi connectivity index (χ4v) is 4.62. The lowest BCUT2D eigenvalue weighted by Gasteiger charge is -2.39. The molecule has 1 aliphatic carbocycles. The molecule has 0 aromatic heterocycles. The molecule has 9 heteroatoms. The van der Waals surface area contributed by atoms with Crippen molar-refractivity contribution in [3.63, 3.8) is 0 Å². The predicted molar refractivity (Wildman–Crippen MR) is 84.7 cm³/mol. The van der Waals surface area contributed by atoms with Gasteiger partial charge in [-0.2, -0.15) is 0 Å². The molecule has 9 nitrogen and oxygen atoms in total. The Bertz CT molecular complexity index is 802. The van der Waals surface area contributed by atoms with Gasteiger partial charge in [0.1, 0.15) is 6.61 Å². The molecular weight excluding hydrogens is 328 g/mol. The molecule has 4 atom stereocenters. The van der Waals surface area contributed by atoms with Crippen LogP contribution in [0.5, 0.6) is 0 Å². The van der Waals surface area contributed by atoms with E-state index in [-0.39, 0.29) is 40.8 Å². The minimum absolute atomic E-state index is 0.0771. The molecule has 5 N–H and O–H groups in total. The maximum absolute atomic E-state index is 12.9. The van der Waals surface area contributed by atoms with Gasteiger partial charge in [-0.3, -0.25) is 14.9 Å². The number of carbonyl (C=O) groups excluding carboxylic acids is 3. The maximum atomic E-state index is 12.9. The van der Waals surface area contributed by atoms with E-state index < -0.39 is 23.5 Å². The average Bonchev–Trinajstić information content (AvgIpc) is 3.05. The Hall–Kier alpha value is -2.39. The summed E-state index contributed by atoms with van der Waals surface area (Å²) in [5.74, 6) is -1.37. The second-order valence-corrected chi connectivity index (χ2v) is 7.18. The van der Waals surface area contributed by atoms with Crippen LogP contribution in [0.4, 0.5) is 4.79 Å². The van der Waals surface area contributed by atoms with Crippen LogP contribution in [-0.4, -0.2) is 60.1 Å². The highest BCUT2D eigenvalue weighted by Gasteiger charge is 2.77. The second-order valence-electron chi connectivity index (χ2n) is 7.18. The quantitative estimate of drug-likeness (QED) is 0.423. The van der Waals surface area contributed by atoms with E-state index in [2.05, 4.69) is 5.32 Å². The summed E-state index contributed by atoms with van der Waals surface area (Å²) in [5, 5.41) is 3.35. The van der Waals surface area contributed by atoms with Gasteiger partial charge in [-0.25, -0.2) is 4.79 Å². The van der Waals surface area contributed by atoms with Crippen LogP contribution in [-0.2, 0) is 19.1 Å². The van der Waals surface area contributed by atoms with Gasteiger partial charge in [0, 0.05) is 24.8 Å². The number of allylic oxidation sites excluding steroid dienone is 2. The van der Waals surface area contributed by atoms with E-state index in [4.69, 9.17) is 20.9 Å². The molecule has 3 heterocycles. The van der Waals surface area contributed by atoms with E-state index in [1.165, 1.54) is 14.0 Å². The molecule has 4 rings (SSSR count). The van der Waals surface area contributed by atoms with Crippen molar-refractivity contribution in [3.8, 4) is 0 Å². The Labute approximate surface area is 144 Å². The normalized spacial score (nSPS) is 38.8. The number of nitrogens with zero attached hydrogens (tertiary/aromatic N) is 1. The number of carbonyl (C=O) groups is 3. The van der Waals surface area contributed by atoms with Crippen LogP contribution in [0, 0.1) is 5.92 Å². The molecule has 2 fully saturated rings. The number of ketones is 2. The Morgan fingerprint density at radius 3 is 2.68 bits per heavy atom. The lowest BCUT2D eigenvalue weighted by molar-refractivity contribution is -0.137. The number of nitrogens with one attached hydrogen (secondary N) is 1. The molecule has 134 valence electrons. The van der Waals surface area contributed by atoms with Gasteiger partial charge < -0.3 is 25.8 Å². The smallest absolute Gasteiger partial charge is 0.404 e. The van der Waals surface area contributed by atoms with Gasteiger partial charge in [0.15, 0.2) is 5.72 Å². The number of rotatable bonds is 3. The highest BCUT2D eigenvalue weighted by molar-refractivity contribution is 6.25. The van der Waals surface area contributed by atoms with Gasteiger partial charge >= 0.3 is 6.09 Å². The fraction of sp³-hybridized carbons (Fsp3) is 0.562. The topological polar surface area (TPSA) is 147 Å². The molecule has 0 spiro atoms. The van der Waals surface area contributed by atoms with Crippen LogP contribution in [0.3, 0.4) is 0 Å². The van der Waals surface area contributed by atoms with Crippen molar-refractivity contribution in [2.75, 3.05) is 20.3 Å². The number of Topliss-reactive ketones (excluding diaryl/α,β-unsaturated/α-hetero) is 2. The van der Waals surface area contributed by atoms with Crippen LogP contribution >= 0.6 is 0 Å². The van der Waals surface area contributed by atoms with Crippen molar-refractivity contribution in [1.29, 1.82) is 0 Å². The minimum atomic E-state index is -0.995. The molecule has 1 amide bonds. The summed E-state index contributed by atoms with van der Waals surface area (Å²) in [4.78, 5) is 38.7. The maximum Gasteiger partial charge on any atom is 0.404 e. The molecule has 2 saturated heterocycles. The van der Waals surface area contributed by atoms with Crippen molar-refractivity contribution in [2.45, 2.75) is 31.2 Å². The lowest BCUT2D eigenvalue weighted by Crippen LogP contribution is -2.55. The number of hydrogen-bond donors (Lipinski definition) is 3. The molecule has 25 heavy (non-hydrogen) atoms. The van der Waals surface area contributed by atoms with Crippen LogP contribution in [0.25, 0.3) is 0 Å². The van der Waals surface area contributed by atoms with Crippen molar-refractivity contribution >= 4 is 17.7 Å². The first-order valence-corrected chi connectivity index (χ1v) is 8.01. The molecule has 0 radical (unpaired) electrons. The van der Waals surface area contributed by atoms with Gasteiger partial charge in [0.2, 0.25) is 11.6 Å². The van der Waals surface area contributed by atoms with Crippen molar-refractivity contribution < 1.29 is 23.9 Å². The van der Waals surface area contributed by atoms with Crippen molar-refractivity contribution in [3.05, 3.63) is 22.5 Å². The fourth-order valence-electron chi connectivity index (χ4n) is 4.62. The zero-order valence-corrected chi connectivity index (χ0v) is 14.2. The summed E-state index contributed by atoms with van der Waals surface area (Å²) in [6, 6.07) is -0.112. The average molecular weight is 348 g/mol. The Kier molecular flexibility index (Phi) is 2.97. The largest absolute Gasteiger partial charge is 0.449 e. The summed E-state index contributed by atoms with van der Waals surface area (Å²) >= 11 is 0. The first-order chi connectivity index (χ1) is 11.7. The third-order valence-corrected chi connectivity index (χ3v) is 5.89. The Morgan fingerprint density at radius 1 is 1.40 bits per heavy atom. The van der Waals surface area contributed by atoms with Crippen LogP contribution in [0.15, 0.2) is 22.5 Å². The van der Waals surface area contributed by atoms with Crippen molar-refractivity contribution in [1.82, 2.24) is 10.2 Å². The number of ether oxygens (including phenoxy) is 2. The van der Waals surface area contributed by atoms with Crippen LogP contribution in [0.1, 0.15) is 13.8 Å². The minimum Gasteiger partial charge on any atom is -0.449 e. The number of amides is 1. The Morgan fingerprint density at radius 2 is 2.08 bits per heavy atom. The molecule has 0 bridgehead atoms. The zero-order valence-electron chi connectivity index (χ0n) is 14.2. The third-order valence-electron chi connectivity index (χ3n) is 5.89. The van der Waals surface area contributed by atoms with E-state index in [9.17, 15) is 14.4 Å². The van der Waals surface area contributed by atoms with Gasteiger partial charge in [0.05, 0.1) is 28.9 Å². The number of hydrogen-bond acceptors (Lipinski definition) is 8. The van der Waals surface area contributed by atoms with Gasteiger partial charge in [-0.1, -0.05) is 0 Å². The van der Waals surface area contributed by atoms with E-state index in [1.54, 1.807) is 0 Å². The van der Waals surface area contributed by atoms with E-state index in [0.29, 0.717) is 12.2 Å². The number of primary amides is 1. The van der Waals surface area contributed by atoms with E-state index >= 15 is 0 Å². The number of methoxy groups -OCH3 is 1. The lowest BCUT2D eigenvalue weighted by atomic mass is 9.82. The number of fused-ring (bicyclic) bond motifs is 4. The van der Waals surface area contributed by atoms with Crippen LogP contribution < -0.4 is 16.8 Å². The monoisotopic (exact) mass is 348 g/mol. The number of nitrogens with two attached hydrogens (primary N) is 2. The van der Waals surface area contributed by atoms with Gasteiger partial charge in [0.25, 0.3) is 0 Å². The second kappa shape index (κ2) is 4.61. The molecule has 0 aromatic carbocycles.